The number of hydrogen-bond acceptors (Lipinski definition) is 6. The van der Waals surface area contributed by atoms with Crippen molar-refractivity contribution in [1.82, 2.24) is 14.8 Å². The van der Waals surface area contributed by atoms with E-state index in [4.69, 9.17) is 19.3 Å². The Morgan fingerprint density at radius 1 is 1.09 bits per heavy atom. The summed E-state index contributed by atoms with van der Waals surface area (Å²) in [4.78, 5) is 6.80. The van der Waals surface area contributed by atoms with E-state index in [0.29, 0.717) is 26.4 Å². The van der Waals surface area contributed by atoms with Gasteiger partial charge in [-0.05, 0) is 44.2 Å². The Kier molecular flexibility index (Phi) is 10.8. The lowest BCUT2D eigenvalue weighted by Gasteiger charge is -2.23. The highest BCUT2D eigenvalue weighted by molar-refractivity contribution is 5.83. The van der Waals surface area contributed by atoms with Crippen LogP contribution in [0.4, 0.5) is 5.82 Å². The standard InChI is InChI=1S/C25H34N4O3.C2H6/c1-20-22-17-24(26-18-23(22)29(27-20)25-11-6-7-15-32-25)28(2)12-16-30-13-8-14-31-19-21-9-4-3-5-10-21;1-2/h3-5,9-10,17-18,25H,6-8,11-16,19H2,1-2H3;1-2H3. The lowest BCUT2D eigenvalue weighted by atomic mass is 10.2. The van der Waals surface area contributed by atoms with E-state index in [-0.39, 0.29) is 6.23 Å². The second-order valence-corrected chi connectivity index (χ2v) is 8.34. The molecule has 1 saturated heterocycles. The van der Waals surface area contributed by atoms with Crippen molar-refractivity contribution in [1.29, 1.82) is 0 Å². The van der Waals surface area contributed by atoms with Crippen molar-refractivity contribution in [3.63, 3.8) is 0 Å². The zero-order chi connectivity index (χ0) is 24.2. The second kappa shape index (κ2) is 14.0. The maximum Gasteiger partial charge on any atom is 0.150 e. The van der Waals surface area contributed by atoms with Crippen LogP contribution in [0.5, 0.6) is 0 Å². The number of likely N-dealkylation sites (N-methyl/N-ethyl adjacent to an activating group) is 1. The fraction of sp³-hybridized carbons (Fsp3) is 0.556. The number of nitrogens with zero attached hydrogens (tertiary/aromatic N) is 4. The van der Waals surface area contributed by atoms with Crippen LogP contribution < -0.4 is 4.90 Å². The van der Waals surface area contributed by atoms with E-state index in [1.54, 1.807) is 0 Å². The molecule has 0 spiro atoms. The first kappa shape index (κ1) is 26.1. The molecule has 7 nitrogen and oxygen atoms in total. The summed E-state index contributed by atoms with van der Waals surface area (Å²) in [5, 5.41) is 5.87. The fourth-order valence-electron chi connectivity index (χ4n) is 3.97. The molecule has 0 amide bonds. The molecule has 34 heavy (non-hydrogen) atoms. The summed E-state index contributed by atoms with van der Waals surface area (Å²) in [5.41, 5.74) is 3.25. The number of fused-ring (bicyclic) bond motifs is 1. The average molecular weight is 469 g/mol. The Morgan fingerprint density at radius 3 is 2.65 bits per heavy atom. The SMILES string of the molecule is CC.Cc1nn(C2CCCCO2)c2cnc(N(C)CCOCCCOCc3ccccc3)cc12. The molecule has 3 aromatic rings. The van der Waals surface area contributed by atoms with Crippen molar-refractivity contribution in [2.24, 2.45) is 0 Å². The lowest BCUT2D eigenvalue weighted by Crippen LogP contribution is -2.24. The van der Waals surface area contributed by atoms with E-state index in [1.165, 1.54) is 12.0 Å². The molecular weight excluding hydrogens is 428 g/mol. The molecule has 1 atom stereocenters. The van der Waals surface area contributed by atoms with Gasteiger partial charge < -0.3 is 19.1 Å². The second-order valence-electron chi connectivity index (χ2n) is 8.34. The smallest absolute Gasteiger partial charge is 0.150 e. The lowest BCUT2D eigenvalue weighted by molar-refractivity contribution is -0.0368. The predicted octanol–water partition coefficient (Wildman–Crippen LogP) is 5.52. The molecule has 0 saturated carbocycles. The van der Waals surface area contributed by atoms with Gasteiger partial charge >= 0.3 is 0 Å². The molecule has 3 heterocycles. The quantitative estimate of drug-likeness (QED) is 0.345. The molecule has 1 unspecified atom stereocenters. The van der Waals surface area contributed by atoms with Crippen molar-refractivity contribution >= 4 is 16.7 Å². The number of ether oxygens (including phenoxy) is 3. The molecule has 1 aliphatic heterocycles. The van der Waals surface area contributed by atoms with E-state index in [0.717, 1.165) is 54.8 Å². The summed E-state index contributed by atoms with van der Waals surface area (Å²) in [6, 6.07) is 12.4. The molecule has 0 radical (unpaired) electrons. The van der Waals surface area contributed by atoms with E-state index >= 15 is 0 Å². The van der Waals surface area contributed by atoms with Gasteiger partial charge in [0.25, 0.3) is 0 Å². The molecule has 1 aliphatic rings. The molecule has 0 bridgehead atoms. The highest BCUT2D eigenvalue weighted by Crippen LogP contribution is 2.29. The van der Waals surface area contributed by atoms with Gasteiger partial charge in [0.2, 0.25) is 0 Å². The van der Waals surface area contributed by atoms with E-state index in [2.05, 4.69) is 35.0 Å². The van der Waals surface area contributed by atoms with Crippen molar-refractivity contribution in [3.05, 3.63) is 53.9 Å². The molecule has 4 rings (SSSR count). The minimum absolute atomic E-state index is 0.0235. The average Bonchev–Trinajstić information content (AvgIpc) is 3.23. The van der Waals surface area contributed by atoms with Gasteiger partial charge in [-0.25, -0.2) is 9.67 Å². The maximum absolute atomic E-state index is 5.92. The molecule has 0 aliphatic carbocycles. The van der Waals surface area contributed by atoms with Gasteiger partial charge in [0.15, 0.2) is 6.23 Å². The third-order valence-corrected chi connectivity index (χ3v) is 5.84. The summed E-state index contributed by atoms with van der Waals surface area (Å²) in [6.45, 7) is 10.3. The first-order chi connectivity index (χ1) is 16.7. The van der Waals surface area contributed by atoms with Crippen LogP contribution in [-0.4, -0.2) is 54.8 Å². The Bertz CT molecular complexity index is 971. The van der Waals surface area contributed by atoms with Crippen LogP contribution in [0.1, 0.15) is 57.0 Å². The van der Waals surface area contributed by atoms with Crippen LogP contribution in [0.3, 0.4) is 0 Å². The first-order valence-electron chi connectivity index (χ1n) is 12.6. The number of hydrogen-bond donors (Lipinski definition) is 0. The Morgan fingerprint density at radius 2 is 1.88 bits per heavy atom. The minimum Gasteiger partial charge on any atom is -0.380 e. The number of aromatic nitrogens is 3. The summed E-state index contributed by atoms with van der Waals surface area (Å²) in [7, 11) is 2.05. The molecule has 186 valence electrons. The summed E-state index contributed by atoms with van der Waals surface area (Å²) in [5.74, 6) is 0.930. The van der Waals surface area contributed by atoms with Crippen molar-refractivity contribution < 1.29 is 14.2 Å². The Hall–Kier alpha value is -2.48. The number of pyridine rings is 1. The van der Waals surface area contributed by atoms with Crippen LogP contribution in [0.15, 0.2) is 42.6 Å². The predicted molar refractivity (Wildman–Crippen MR) is 137 cm³/mol. The van der Waals surface area contributed by atoms with Crippen LogP contribution in [0.25, 0.3) is 10.9 Å². The van der Waals surface area contributed by atoms with Gasteiger partial charge in [-0.15, -0.1) is 0 Å². The number of anilines is 1. The highest BCUT2D eigenvalue weighted by Gasteiger charge is 2.20. The number of aryl methyl sites for hydroxylation is 1. The van der Waals surface area contributed by atoms with E-state index < -0.39 is 0 Å². The summed E-state index contributed by atoms with van der Waals surface area (Å²) >= 11 is 0. The Balaban J connectivity index is 0.00000158. The van der Waals surface area contributed by atoms with Crippen LogP contribution in [0.2, 0.25) is 0 Å². The molecular formula is C27H40N4O3. The van der Waals surface area contributed by atoms with E-state index in [9.17, 15) is 0 Å². The van der Waals surface area contributed by atoms with Crippen LogP contribution in [-0.2, 0) is 20.8 Å². The van der Waals surface area contributed by atoms with Gasteiger partial charge in [-0.3, -0.25) is 0 Å². The normalized spacial score (nSPS) is 15.7. The third kappa shape index (κ3) is 7.26. The third-order valence-electron chi connectivity index (χ3n) is 5.84. The van der Waals surface area contributed by atoms with Gasteiger partial charge in [-0.2, -0.15) is 5.10 Å². The number of rotatable bonds is 11. The van der Waals surface area contributed by atoms with Gasteiger partial charge in [0.1, 0.15) is 5.82 Å². The minimum atomic E-state index is 0.0235. The monoisotopic (exact) mass is 468 g/mol. The van der Waals surface area contributed by atoms with E-state index in [1.807, 2.05) is 50.0 Å². The van der Waals surface area contributed by atoms with Crippen molar-refractivity contribution in [3.8, 4) is 0 Å². The summed E-state index contributed by atoms with van der Waals surface area (Å²) in [6.07, 6.45) is 6.15. The molecule has 1 fully saturated rings. The molecule has 7 heteroatoms. The zero-order valence-electron chi connectivity index (χ0n) is 21.2. The van der Waals surface area contributed by atoms with Gasteiger partial charge in [0.05, 0.1) is 30.6 Å². The Labute approximate surface area is 204 Å². The van der Waals surface area contributed by atoms with Gasteiger partial charge in [-0.1, -0.05) is 44.2 Å². The summed E-state index contributed by atoms with van der Waals surface area (Å²) < 4.78 is 19.4. The molecule has 2 aromatic heterocycles. The highest BCUT2D eigenvalue weighted by atomic mass is 16.5. The zero-order valence-corrected chi connectivity index (χ0v) is 21.2. The fourth-order valence-corrected chi connectivity index (χ4v) is 3.97. The van der Waals surface area contributed by atoms with Crippen LogP contribution >= 0.6 is 0 Å². The molecule has 0 N–H and O–H groups in total. The van der Waals surface area contributed by atoms with Crippen molar-refractivity contribution in [2.75, 3.05) is 44.9 Å². The van der Waals surface area contributed by atoms with Gasteiger partial charge in [0, 0.05) is 38.8 Å². The molecule has 1 aromatic carbocycles. The topological polar surface area (TPSA) is 61.6 Å². The van der Waals surface area contributed by atoms with Crippen molar-refractivity contribution in [2.45, 2.75) is 59.3 Å². The van der Waals surface area contributed by atoms with Crippen LogP contribution in [0, 0.1) is 6.92 Å². The largest absolute Gasteiger partial charge is 0.380 e. The first-order valence-corrected chi connectivity index (χ1v) is 12.6. The number of benzene rings is 1. The maximum atomic E-state index is 5.92.